The van der Waals surface area contributed by atoms with Crippen molar-refractivity contribution in [1.82, 2.24) is 19.2 Å². The van der Waals surface area contributed by atoms with Crippen molar-refractivity contribution in [2.24, 2.45) is 7.05 Å². The van der Waals surface area contributed by atoms with E-state index in [0.717, 1.165) is 5.69 Å². The maximum atomic E-state index is 14.0. The number of hydrogen-bond acceptors (Lipinski definition) is 4. The highest BCUT2D eigenvalue weighted by molar-refractivity contribution is 6.31. The maximum absolute atomic E-state index is 14.0. The molecule has 0 fully saturated rings. The first kappa shape index (κ1) is 19.1. The molecule has 0 aliphatic rings. The Morgan fingerprint density at radius 2 is 2.00 bits per heavy atom. The smallest absolute Gasteiger partial charge is 0.267 e. The van der Waals surface area contributed by atoms with Crippen LogP contribution in [0.2, 0.25) is 5.02 Å². The Morgan fingerprint density at radius 3 is 2.69 bits per heavy atom. The van der Waals surface area contributed by atoms with E-state index >= 15 is 0 Å². The van der Waals surface area contributed by atoms with Gasteiger partial charge in [-0.05, 0) is 44.2 Å². The van der Waals surface area contributed by atoms with E-state index in [4.69, 9.17) is 16.3 Å². The maximum Gasteiger partial charge on any atom is 0.267 e. The third-order valence-electron chi connectivity index (χ3n) is 4.80. The average Bonchev–Trinajstić information content (AvgIpc) is 3.00. The molecule has 0 saturated carbocycles. The second-order valence-electron chi connectivity index (χ2n) is 6.73. The number of ether oxygens (including phenoxy) is 1. The molecule has 3 heterocycles. The fourth-order valence-corrected chi connectivity index (χ4v) is 3.37. The second-order valence-corrected chi connectivity index (χ2v) is 7.13. The molecule has 0 spiro atoms. The number of hydrogen-bond donors (Lipinski definition) is 0. The zero-order valence-electron chi connectivity index (χ0n) is 16.1. The highest BCUT2D eigenvalue weighted by Gasteiger charge is 2.17. The molecule has 0 radical (unpaired) electrons. The molecular weight excluding hydrogens is 395 g/mol. The molecule has 0 amide bonds. The van der Waals surface area contributed by atoms with Crippen molar-refractivity contribution in [2.45, 2.75) is 20.5 Å². The van der Waals surface area contributed by atoms with Crippen LogP contribution in [0.25, 0.3) is 16.9 Å². The van der Waals surface area contributed by atoms with Crippen LogP contribution in [0.15, 0.2) is 47.4 Å². The van der Waals surface area contributed by atoms with Gasteiger partial charge in [-0.2, -0.15) is 5.10 Å². The van der Waals surface area contributed by atoms with Crippen LogP contribution in [0, 0.1) is 19.7 Å². The van der Waals surface area contributed by atoms with Crippen molar-refractivity contribution in [1.29, 1.82) is 0 Å². The highest BCUT2D eigenvalue weighted by atomic mass is 35.5. The molecule has 1 aromatic carbocycles. The van der Waals surface area contributed by atoms with Crippen molar-refractivity contribution in [2.75, 3.05) is 0 Å². The minimum atomic E-state index is -0.452. The predicted molar refractivity (Wildman–Crippen MR) is 109 cm³/mol. The first-order valence-electron chi connectivity index (χ1n) is 8.95. The van der Waals surface area contributed by atoms with E-state index in [2.05, 4.69) is 10.1 Å². The van der Waals surface area contributed by atoms with Gasteiger partial charge in [-0.1, -0.05) is 17.7 Å². The molecular formula is C21H18ClFN4O2. The molecule has 3 aromatic heterocycles. The second kappa shape index (κ2) is 7.33. The lowest BCUT2D eigenvalue weighted by molar-refractivity contribution is 0.301. The van der Waals surface area contributed by atoms with Gasteiger partial charge in [0.1, 0.15) is 12.4 Å². The van der Waals surface area contributed by atoms with Gasteiger partial charge in [0.05, 0.1) is 22.0 Å². The number of aryl methyl sites for hydroxylation is 3. The van der Waals surface area contributed by atoms with Gasteiger partial charge in [0.15, 0.2) is 11.4 Å². The van der Waals surface area contributed by atoms with Crippen LogP contribution >= 0.6 is 11.6 Å². The summed E-state index contributed by atoms with van der Waals surface area (Å²) in [5, 5.41) is 4.68. The van der Waals surface area contributed by atoms with Crippen molar-refractivity contribution in [3.05, 3.63) is 80.7 Å². The van der Waals surface area contributed by atoms with Gasteiger partial charge in [0.2, 0.25) is 0 Å². The molecule has 0 unspecified atom stereocenters. The van der Waals surface area contributed by atoms with Crippen LogP contribution in [-0.2, 0) is 13.7 Å². The Labute approximate surface area is 171 Å². The molecule has 0 aliphatic carbocycles. The van der Waals surface area contributed by atoms with Crippen LogP contribution in [0.4, 0.5) is 4.39 Å². The number of fused-ring (bicyclic) bond motifs is 1. The fourth-order valence-electron chi connectivity index (χ4n) is 3.15. The Balaban J connectivity index is 1.79. The first-order chi connectivity index (χ1) is 13.9. The summed E-state index contributed by atoms with van der Waals surface area (Å²) in [5.74, 6) is -0.0948. The molecule has 0 bridgehead atoms. The van der Waals surface area contributed by atoms with Gasteiger partial charge in [-0.25, -0.2) is 9.37 Å². The largest absolute Gasteiger partial charge is 0.485 e. The normalized spacial score (nSPS) is 11.2. The first-order valence-corrected chi connectivity index (χ1v) is 9.33. The number of nitrogens with zero attached hydrogens (tertiary/aromatic N) is 4. The van der Waals surface area contributed by atoms with E-state index in [0.29, 0.717) is 28.3 Å². The van der Waals surface area contributed by atoms with Crippen LogP contribution in [-0.4, -0.2) is 19.2 Å². The van der Waals surface area contributed by atoms with E-state index < -0.39 is 5.82 Å². The summed E-state index contributed by atoms with van der Waals surface area (Å²) < 4.78 is 22.9. The molecule has 8 heteroatoms. The van der Waals surface area contributed by atoms with Crippen molar-refractivity contribution >= 4 is 17.2 Å². The third-order valence-corrected chi connectivity index (χ3v) is 5.16. The van der Waals surface area contributed by atoms with E-state index in [1.165, 1.54) is 16.5 Å². The number of aromatic nitrogens is 4. The predicted octanol–water partition coefficient (Wildman–Crippen LogP) is 4.08. The topological polar surface area (TPSA) is 61.4 Å². The van der Waals surface area contributed by atoms with E-state index in [1.54, 1.807) is 36.0 Å². The number of halogens is 2. The summed E-state index contributed by atoms with van der Waals surface area (Å²) >= 11 is 6.07. The zero-order valence-corrected chi connectivity index (χ0v) is 16.9. The quantitative estimate of drug-likeness (QED) is 0.506. The Morgan fingerprint density at radius 1 is 1.21 bits per heavy atom. The minimum Gasteiger partial charge on any atom is -0.485 e. The standard InChI is InChI=1S/C21H18ClFN4O2/c1-12-10-17(25-26(12)3)19-13(2)24-20-18(8-5-9-27(20)21(19)28)29-11-14-15(22)6-4-7-16(14)23/h4-10H,11H2,1-3H3. The SMILES string of the molecule is Cc1nc2c(OCc3c(F)cccc3Cl)cccn2c(=O)c1-c1cc(C)n(C)n1. The van der Waals surface area contributed by atoms with Crippen LogP contribution < -0.4 is 10.3 Å². The number of rotatable bonds is 4. The summed E-state index contributed by atoms with van der Waals surface area (Å²) in [6.07, 6.45) is 1.62. The Bertz CT molecular complexity index is 1260. The summed E-state index contributed by atoms with van der Waals surface area (Å²) in [6, 6.07) is 9.66. The summed E-state index contributed by atoms with van der Waals surface area (Å²) in [4.78, 5) is 17.7. The monoisotopic (exact) mass is 412 g/mol. The summed E-state index contributed by atoms with van der Waals surface area (Å²) in [5.41, 5.74) is 2.81. The molecule has 0 N–H and O–H groups in total. The lowest BCUT2D eigenvalue weighted by Gasteiger charge is -2.12. The zero-order chi connectivity index (χ0) is 20.7. The molecule has 0 atom stereocenters. The van der Waals surface area contributed by atoms with Gasteiger partial charge in [-0.3, -0.25) is 13.9 Å². The lowest BCUT2D eigenvalue weighted by atomic mass is 10.1. The third kappa shape index (κ3) is 3.38. The van der Waals surface area contributed by atoms with E-state index in [-0.39, 0.29) is 22.8 Å². The number of benzene rings is 1. The minimum absolute atomic E-state index is 0.0821. The Hall–Kier alpha value is -3.19. The molecule has 6 nitrogen and oxygen atoms in total. The molecule has 148 valence electrons. The van der Waals surface area contributed by atoms with Crippen molar-refractivity contribution in [3.8, 4) is 17.0 Å². The van der Waals surface area contributed by atoms with Crippen LogP contribution in [0.5, 0.6) is 5.75 Å². The highest BCUT2D eigenvalue weighted by Crippen LogP contribution is 2.25. The number of pyridine rings is 1. The van der Waals surface area contributed by atoms with Crippen molar-refractivity contribution < 1.29 is 9.13 Å². The van der Waals surface area contributed by atoms with E-state index in [1.807, 2.05) is 20.0 Å². The van der Waals surface area contributed by atoms with Crippen molar-refractivity contribution in [3.63, 3.8) is 0 Å². The fraction of sp³-hybridized carbons (Fsp3) is 0.190. The average molecular weight is 413 g/mol. The Kier molecular flexibility index (Phi) is 4.84. The van der Waals surface area contributed by atoms with Crippen LogP contribution in [0.1, 0.15) is 17.0 Å². The lowest BCUT2D eigenvalue weighted by Crippen LogP contribution is -2.19. The molecule has 29 heavy (non-hydrogen) atoms. The van der Waals surface area contributed by atoms with Crippen LogP contribution in [0.3, 0.4) is 0 Å². The summed E-state index contributed by atoms with van der Waals surface area (Å²) in [6.45, 7) is 3.59. The van der Waals surface area contributed by atoms with Gasteiger partial charge in [-0.15, -0.1) is 0 Å². The molecule has 0 saturated heterocycles. The van der Waals surface area contributed by atoms with E-state index in [9.17, 15) is 9.18 Å². The van der Waals surface area contributed by atoms with Gasteiger partial charge in [0, 0.05) is 24.5 Å². The molecule has 4 aromatic rings. The van der Waals surface area contributed by atoms with Gasteiger partial charge >= 0.3 is 0 Å². The van der Waals surface area contributed by atoms with Gasteiger partial charge < -0.3 is 4.74 Å². The summed E-state index contributed by atoms with van der Waals surface area (Å²) in [7, 11) is 1.82. The molecule has 4 rings (SSSR count). The molecule has 0 aliphatic heterocycles. The van der Waals surface area contributed by atoms with Gasteiger partial charge in [0.25, 0.3) is 5.56 Å².